The SMILES string of the molecule is CCOc1cc(C=Nn2c(C)nc3ccc(Br)cc3c2=O)cc(Br)c1OCC(N)=O. The summed E-state index contributed by atoms with van der Waals surface area (Å²) in [5, 5.41) is 4.77. The van der Waals surface area contributed by atoms with Crippen LogP contribution >= 0.6 is 31.9 Å². The molecule has 0 saturated heterocycles. The highest BCUT2D eigenvalue weighted by atomic mass is 79.9. The summed E-state index contributed by atoms with van der Waals surface area (Å²) in [5.41, 5.74) is 6.13. The summed E-state index contributed by atoms with van der Waals surface area (Å²) in [6.45, 7) is 3.65. The van der Waals surface area contributed by atoms with Crippen LogP contribution < -0.4 is 20.8 Å². The van der Waals surface area contributed by atoms with Gasteiger partial charge < -0.3 is 15.2 Å². The molecule has 0 aliphatic heterocycles. The third kappa shape index (κ3) is 4.88. The van der Waals surface area contributed by atoms with E-state index in [0.717, 1.165) is 4.47 Å². The molecule has 0 aliphatic carbocycles. The molecule has 0 fully saturated rings. The molecule has 10 heteroatoms. The number of primary amides is 1. The molecule has 156 valence electrons. The highest BCUT2D eigenvalue weighted by molar-refractivity contribution is 9.10. The lowest BCUT2D eigenvalue weighted by atomic mass is 10.2. The second kappa shape index (κ2) is 9.40. The minimum Gasteiger partial charge on any atom is -0.490 e. The summed E-state index contributed by atoms with van der Waals surface area (Å²) in [7, 11) is 0. The molecule has 1 amide bonds. The van der Waals surface area contributed by atoms with Gasteiger partial charge in [-0.15, -0.1) is 0 Å². The predicted octanol–water partition coefficient (Wildman–Crippen LogP) is 3.37. The molecule has 2 aromatic carbocycles. The predicted molar refractivity (Wildman–Crippen MR) is 121 cm³/mol. The number of fused-ring (bicyclic) bond motifs is 1. The summed E-state index contributed by atoms with van der Waals surface area (Å²) in [4.78, 5) is 28.3. The number of halogens is 2. The van der Waals surface area contributed by atoms with Crippen LogP contribution in [0.4, 0.5) is 0 Å². The Morgan fingerprint density at radius 3 is 2.73 bits per heavy atom. The molecule has 0 saturated carbocycles. The third-order valence-electron chi connectivity index (χ3n) is 3.98. The van der Waals surface area contributed by atoms with Crippen molar-refractivity contribution in [1.29, 1.82) is 0 Å². The number of aromatic nitrogens is 2. The second-order valence-electron chi connectivity index (χ2n) is 6.20. The van der Waals surface area contributed by atoms with Gasteiger partial charge in [0.25, 0.3) is 11.5 Å². The molecule has 0 atom stereocenters. The van der Waals surface area contributed by atoms with Crippen molar-refractivity contribution in [3.05, 3.63) is 61.0 Å². The standard InChI is InChI=1S/C20H18Br2N4O4/c1-3-29-17-7-12(6-15(22)19(17)30-10-18(23)27)9-24-26-11(2)25-16-5-4-13(21)8-14(16)20(26)28/h4-9H,3,10H2,1-2H3,(H2,23,27). The molecule has 1 aromatic heterocycles. The molecule has 0 bridgehead atoms. The molecular weight excluding hydrogens is 520 g/mol. The molecule has 3 rings (SSSR count). The average Bonchev–Trinajstić information content (AvgIpc) is 2.68. The lowest BCUT2D eigenvalue weighted by Crippen LogP contribution is -2.21. The molecule has 8 nitrogen and oxygen atoms in total. The molecular formula is C20H18Br2N4O4. The molecule has 0 spiro atoms. The maximum absolute atomic E-state index is 12.9. The van der Waals surface area contributed by atoms with E-state index in [9.17, 15) is 9.59 Å². The highest BCUT2D eigenvalue weighted by Gasteiger charge is 2.13. The van der Waals surface area contributed by atoms with Crippen molar-refractivity contribution < 1.29 is 14.3 Å². The number of nitrogens with zero attached hydrogens (tertiary/aromatic N) is 3. The maximum atomic E-state index is 12.9. The van der Waals surface area contributed by atoms with Crippen LogP contribution in [-0.4, -0.2) is 35.0 Å². The Bertz CT molecular complexity index is 1210. The number of ether oxygens (including phenoxy) is 2. The molecule has 1 heterocycles. The van der Waals surface area contributed by atoms with Gasteiger partial charge in [-0.2, -0.15) is 9.78 Å². The number of rotatable bonds is 7. The fraction of sp³-hybridized carbons (Fsp3) is 0.200. The van der Waals surface area contributed by atoms with Gasteiger partial charge in [-0.05, 0) is 65.7 Å². The first-order valence-corrected chi connectivity index (χ1v) is 10.5. The topological polar surface area (TPSA) is 109 Å². The summed E-state index contributed by atoms with van der Waals surface area (Å²) < 4.78 is 13.6. The Kier molecular flexibility index (Phi) is 6.88. The first-order chi connectivity index (χ1) is 14.3. The Labute approximate surface area is 188 Å². The summed E-state index contributed by atoms with van der Waals surface area (Å²) in [6.07, 6.45) is 1.52. The minimum absolute atomic E-state index is 0.277. The van der Waals surface area contributed by atoms with Crippen LogP contribution in [0.3, 0.4) is 0 Å². The second-order valence-corrected chi connectivity index (χ2v) is 7.97. The van der Waals surface area contributed by atoms with Crippen molar-refractivity contribution in [3.8, 4) is 11.5 Å². The number of carbonyl (C=O) groups excluding carboxylic acids is 1. The van der Waals surface area contributed by atoms with Crippen LogP contribution in [0.1, 0.15) is 18.3 Å². The Balaban J connectivity index is 2.01. The van der Waals surface area contributed by atoms with Crippen molar-refractivity contribution in [3.63, 3.8) is 0 Å². The van der Waals surface area contributed by atoms with Crippen LogP contribution in [0, 0.1) is 6.92 Å². The van der Waals surface area contributed by atoms with Crippen molar-refractivity contribution in [2.45, 2.75) is 13.8 Å². The zero-order valence-corrected chi connectivity index (χ0v) is 19.4. The van der Waals surface area contributed by atoms with E-state index in [-0.39, 0.29) is 12.2 Å². The van der Waals surface area contributed by atoms with E-state index < -0.39 is 5.91 Å². The molecule has 3 aromatic rings. The first kappa shape index (κ1) is 22.0. The summed E-state index contributed by atoms with van der Waals surface area (Å²) in [6, 6.07) is 8.74. The van der Waals surface area contributed by atoms with E-state index in [1.165, 1.54) is 10.9 Å². The molecule has 0 aliphatic rings. The molecule has 2 N–H and O–H groups in total. The van der Waals surface area contributed by atoms with Crippen molar-refractivity contribution in [2.24, 2.45) is 10.8 Å². The minimum atomic E-state index is -0.597. The zero-order valence-electron chi connectivity index (χ0n) is 16.2. The van der Waals surface area contributed by atoms with Crippen molar-refractivity contribution in [1.82, 2.24) is 9.66 Å². The number of hydrogen-bond acceptors (Lipinski definition) is 6. The molecule has 0 unspecified atom stereocenters. The maximum Gasteiger partial charge on any atom is 0.282 e. The quantitative estimate of drug-likeness (QED) is 0.465. The summed E-state index contributed by atoms with van der Waals surface area (Å²) in [5.74, 6) is 0.634. The number of benzene rings is 2. The largest absolute Gasteiger partial charge is 0.490 e. The van der Waals surface area contributed by atoms with E-state index in [4.69, 9.17) is 15.2 Å². The van der Waals surface area contributed by atoms with E-state index in [0.29, 0.717) is 44.9 Å². The molecule has 0 radical (unpaired) electrons. The van der Waals surface area contributed by atoms with Crippen molar-refractivity contribution >= 4 is 54.9 Å². The smallest absolute Gasteiger partial charge is 0.282 e. The van der Waals surface area contributed by atoms with Gasteiger partial charge >= 0.3 is 0 Å². The van der Waals surface area contributed by atoms with Gasteiger partial charge in [-0.3, -0.25) is 9.59 Å². The lowest BCUT2D eigenvalue weighted by molar-refractivity contribution is -0.119. The monoisotopic (exact) mass is 536 g/mol. The number of amides is 1. The van der Waals surface area contributed by atoms with Gasteiger partial charge in [0, 0.05) is 4.47 Å². The van der Waals surface area contributed by atoms with Gasteiger partial charge in [0.1, 0.15) is 5.82 Å². The zero-order chi connectivity index (χ0) is 21.8. The van der Waals surface area contributed by atoms with E-state index >= 15 is 0 Å². The van der Waals surface area contributed by atoms with Crippen molar-refractivity contribution in [2.75, 3.05) is 13.2 Å². The van der Waals surface area contributed by atoms with Crippen LogP contribution in [0.5, 0.6) is 11.5 Å². The Morgan fingerprint density at radius 2 is 2.03 bits per heavy atom. The van der Waals surface area contributed by atoms with Crippen LogP contribution in [-0.2, 0) is 4.79 Å². The summed E-state index contributed by atoms with van der Waals surface area (Å²) >= 11 is 6.78. The average molecular weight is 538 g/mol. The van der Waals surface area contributed by atoms with Crippen LogP contribution in [0.15, 0.2) is 49.2 Å². The first-order valence-electron chi connectivity index (χ1n) is 8.91. The van der Waals surface area contributed by atoms with E-state index in [1.807, 2.05) is 13.0 Å². The van der Waals surface area contributed by atoms with Gasteiger partial charge in [0.2, 0.25) is 0 Å². The van der Waals surface area contributed by atoms with Crippen LogP contribution in [0.25, 0.3) is 10.9 Å². The number of hydrogen-bond donors (Lipinski definition) is 1. The van der Waals surface area contributed by atoms with Gasteiger partial charge in [-0.25, -0.2) is 4.98 Å². The fourth-order valence-electron chi connectivity index (χ4n) is 2.73. The highest BCUT2D eigenvalue weighted by Crippen LogP contribution is 2.36. The van der Waals surface area contributed by atoms with Gasteiger partial charge in [0.05, 0.1) is 28.2 Å². The number of nitrogens with two attached hydrogens (primary N) is 1. The lowest BCUT2D eigenvalue weighted by Gasteiger charge is -2.13. The Morgan fingerprint density at radius 1 is 1.27 bits per heavy atom. The number of aryl methyl sites for hydroxylation is 1. The van der Waals surface area contributed by atoms with E-state index in [2.05, 4.69) is 41.9 Å². The molecule has 30 heavy (non-hydrogen) atoms. The van der Waals surface area contributed by atoms with E-state index in [1.54, 1.807) is 31.2 Å². The van der Waals surface area contributed by atoms with Gasteiger partial charge in [0.15, 0.2) is 18.1 Å². The number of carbonyl (C=O) groups is 1. The van der Waals surface area contributed by atoms with Gasteiger partial charge in [-0.1, -0.05) is 15.9 Å². The fourth-order valence-corrected chi connectivity index (χ4v) is 3.66. The van der Waals surface area contributed by atoms with Crippen LogP contribution in [0.2, 0.25) is 0 Å². The normalized spacial score (nSPS) is 11.2. The third-order valence-corrected chi connectivity index (χ3v) is 5.07. The Hall–Kier alpha value is -2.72.